The predicted molar refractivity (Wildman–Crippen MR) is 127 cm³/mol. The number of carbonyl (C=O) groups is 1. The van der Waals surface area contributed by atoms with Crippen LogP contribution in [0, 0.1) is 5.92 Å². The lowest BCUT2D eigenvalue weighted by Crippen LogP contribution is -2.42. The Morgan fingerprint density at radius 1 is 1.09 bits per heavy atom. The number of fused-ring (bicyclic) bond motifs is 3. The van der Waals surface area contributed by atoms with E-state index in [-0.39, 0.29) is 11.8 Å². The molecule has 0 atom stereocenters. The minimum absolute atomic E-state index is 0.0391. The Kier molecular flexibility index (Phi) is 5.81. The molecule has 7 nitrogen and oxygen atoms in total. The van der Waals surface area contributed by atoms with Gasteiger partial charge in [-0.3, -0.25) is 4.79 Å². The average Bonchev–Trinajstić information content (AvgIpc) is 3.04. The molecule has 0 bridgehead atoms. The number of anilines is 2. The Hall–Kier alpha value is -2.96. The van der Waals surface area contributed by atoms with Gasteiger partial charge in [-0.25, -0.2) is 15.0 Å². The smallest absolute Gasteiger partial charge is 0.229 e. The highest BCUT2D eigenvalue weighted by Gasteiger charge is 2.30. The number of hydrogen-bond donors (Lipinski definition) is 0. The van der Waals surface area contributed by atoms with Crippen LogP contribution in [0.15, 0.2) is 30.6 Å². The molecule has 5 rings (SSSR count). The van der Waals surface area contributed by atoms with Gasteiger partial charge in [-0.15, -0.1) is 0 Å². The van der Waals surface area contributed by atoms with Crippen LogP contribution < -0.4 is 9.80 Å². The predicted octanol–water partition coefficient (Wildman–Crippen LogP) is 3.99. The summed E-state index contributed by atoms with van der Waals surface area (Å²) in [6.45, 7) is 4.75. The Labute approximate surface area is 189 Å². The molecule has 4 heterocycles. The number of amides is 1. The molecule has 1 aromatic carbocycles. The fourth-order valence-electron chi connectivity index (χ4n) is 5.22. The first-order valence-electron chi connectivity index (χ1n) is 12.0. The summed E-state index contributed by atoms with van der Waals surface area (Å²) in [5.74, 6) is 2.32. The number of carbonyl (C=O) groups excluding carboxylic acids is 1. The maximum atomic E-state index is 13.3. The van der Waals surface area contributed by atoms with E-state index >= 15 is 0 Å². The number of aromatic nitrogens is 4. The third-order valence-corrected chi connectivity index (χ3v) is 7.08. The number of hydrogen-bond acceptors (Lipinski definition) is 5. The van der Waals surface area contributed by atoms with Crippen molar-refractivity contribution in [2.45, 2.75) is 58.4 Å². The first-order valence-corrected chi connectivity index (χ1v) is 12.0. The molecule has 32 heavy (non-hydrogen) atoms. The molecule has 0 spiro atoms. The van der Waals surface area contributed by atoms with Crippen LogP contribution in [0.2, 0.25) is 0 Å². The summed E-state index contributed by atoms with van der Waals surface area (Å²) in [4.78, 5) is 31.5. The van der Waals surface area contributed by atoms with Crippen LogP contribution in [-0.2, 0) is 24.2 Å². The van der Waals surface area contributed by atoms with Gasteiger partial charge in [-0.2, -0.15) is 0 Å². The first kappa shape index (κ1) is 20.9. The van der Waals surface area contributed by atoms with Crippen LogP contribution in [0.4, 0.5) is 11.5 Å². The molecule has 0 radical (unpaired) electrons. The second kappa shape index (κ2) is 8.88. The van der Waals surface area contributed by atoms with Crippen LogP contribution in [0.3, 0.4) is 0 Å². The van der Waals surface area contributed by atoms with Crippen LogP contribution >= 0.6 is 0 Å². The summed E-state index contributed by atoms with van der Waals surface area (Å²) in [6.07, 6.45) is 8.88. The van der Waals surface area contributed by atoms with Crippen molar-refractivity contribution in [2.24, 2.45) is 5.92 Å². The van der Waals surface area contributed by atoms with Gasteiger partial charge in [0.2, 0.25) is 5.91 Å². The molecule has 7 heteroatoms. The Morgan fingerprint density at radius 3 is 2.72 bits per heavy atom. The van der Waals surface area contributed by atoms with Crippen molar-refractivity contribution in [1.29, 1.82) is 0 Å². The van der Waals surface area contributed by atoms with E-state index in [4.69, 9.17) is 4.98 Å². The normalized spacial score (nSPS) is 17.2. The quantitative estimate of drug-likeness (QED) is 0.624. The summed E-state index contributed by atoms with van der Waals surface area (Å²) >= 11 is 0. The minimum atomic E-state index is 0.0391. The third-order valence-electron chi connectivity index (χ3n) is 7.08. The number of nitrogens with zero attached hydrogens (tertiary/aromatic N) is 6. The number of benzene rings is 1. The van der Waals surface area contributed by atoms with E-state index in [9.17, 15) is 4.79 Å². The monoisotopic (exact) mass is 432 g/mol. The Morgan fingerprint density at radius 2 is 1.91 bits per heavy atom. The van der Waals surface area contributed by atoms with Gasteiger partial charge in [-0.05, 0) is 43.7 Å². The maximum absolute atomic E-state index is 13.3. The zero-order valence-electron chi connectivity index (χ0n) is 19.1. The molecule has 1 saturated heterocycles. The summed E-state index contributed by atoms with van der Waals surface area (Å²) in [6, 6.07) is 8.20. The molecular formula is C25H32N6O. The maximum Gasteiger partial charge on any atom is 0.229 e. The van der Waals surface area contributed by atoms with E-state index in [1.165, 1.54) is 24.8 Å². The largest absolute Gasteiger partial charge is 0.355 e. The molecule has 0 aliphatic carbocycles. The number of aryl methyl sites for hydroxylation is 3. The van der Waals surface area contributed by atoms with Gasteiger partial charge < -0.3 is 14.4 Å². The summed E-state index contributed by atoms with van der Waals surface area (Å²) in [5.41, 5.74) is 4.12. The molecule has 2 aliphatic rings. The van der Waals surface area contributed by atoms with Crippen molar-refractivity contribution in [2.75, 3.05) is 29.9 Å². The molecular weight excluding hydrogens is 400 g/mol. The number of rotatable bonds is 4. The summed E-state index contributed by atoms with van der Waals surface area (Å²) < 4.78 is 2.28. The summed E-state index contributed by atoms with van der Waals surface area (Å²) in [5, 5.41) is 0. The molecule has 0 saturated carbocycles. The van der Waals surface area contributed by atoms with E-state index in [0.717, 1.165) is 73.8 Å². The highest BCUT2D eigenvalue weighted by atomic mass is 16.2. The van der Waals surface area contributed by atoms with Gasteiger partial charge in [0.1, 0.15) is 12.2 Å². The van der Waals surface area contributed by atoms with E-state index in [1.807, 2.05) is 30.1 Å². The molecule has 1 fully saturated rings. The molecule has 168 valence electrons. The lowest BCUT2D eigenvalue weighted by atomic mass is 9.94. The van der Waals surface area contributed by atoms with Crippen molar-refractivity contribution in [1.82, 2.24) is 19.5 Å². The molecule has 2 aromatic heterocycles. The van der Waals surface area contributed by atoms with Crippen molar-refractivity contribution < 1.29 is 4.79 Å². The zero-order chi connectivity index (χ0) is 22.1. The zero-order valence-corrected chi connectivity index (χ0v) is 19.1. The van der Waals surface area contributed by atoms with Crippen molar-refractivity contribution >= 4 is 28.6 Å². The van der Waals surface area contributed by atoms with Crippen molar-refractivity contribution in [3.05, 3.63) is 42.0 Å². The lowest BCUT2D eigenvalue weighted by Gasteiger charge is -2.34. The molecule has 0 N–H and O–H groups in total. The van der Waals surface area contributed by atoms with Crippen molar-refractivity contribution in [3.63, 3.8) is 0 Å². The first-order chi connectivity index (χ1) is 15.7. The minimum Gasteiger partial charge on any atom is -0.355 e. The van der Waals surface area contributed by atoms with Crippen LogP contribution in [-0.4, -0.2) is 45.6 Å². The van der Waals surface area contributed by atoms with E-state index < -0.39 is 0 Å². The van der Waals surface area contributed by atoms with Gasteiger partial charge >= 0.3 is 0 Å². The standard InChI is InChI=1S/C25H32N6O/c1-3-18-9-6-7-10-20(18)29(2)25(32)19-12-15-30(16-13-19)23-22-24(27-17-26-23)31-14-8-4-5-11-21(31)28-22/h6-7,9-10,17,19H,3-5,8,11-16H2,1-2H3. The lowest BCUT2D eigenvalue weighted by molar-refractivity contribution is -0.122. The highest BCUT2D eigenvalue weighted by Crippen LogP contribution is 2.31. The van der Waals surface area contributed by atoms with E-state index in [1.54, 1.807) is 6.33 Å². The fourth-order valence-corrected chi connectivity index (χ4v) is 5.22. The van der Waals surface area contributed by atoms with Crippen LogP contribution in [0.25, 0.3) is 11.2 Å². The second-order valence-corrected chi connectivity index (χ2v) is 9.00. The van der Waals surface area contributed by atoms with Crippen LogP contribution in [0.1, 0.15) is 50.4 Å². The Bertz CT molecular complexity index is 1110. The van der Waals surface area contributed by atoms with Gasteiger partial charge in [-0.1, -0.05) is 31.5 Å². The molecule has 1 amide bonds. The van der Waals surface area contributed by atoms with E-state index in [0.29, 0.717) is 0 Å². The number of piperidine rings is 1. The average molecular weight is 433 g/mol. The van der Waals surface area contributed by atoms with Crippen LogP contribution in [0.5, 0.6) is 0 Å². The fraction of sp³-hybridized carbons (Fsp3) is 0.520. The van der Waals surface area contributed by atoms with Gasteiger partial charge in [0, 0.05) is 44.7 Å². The second-order valence-electron chi connectivity index (χ2n) is 9.00. The number of imidazole rings is 1. The van der Waals surface area contributed by atoms with Gasteiger partial charge in [0.25, 0.3) is 0 Å². The molecule has 3 aromatic rings. The Balaban J connectivity index is 1.32. The van der Waals surface area contributed by atoms with Gasteiger partial charge in [0.05, 0.1) is 0 Å². The van der Waals surface area contributed by atoms with E-state index in [2.05, 4.69) is 32.4 Å². The summed E-state index contributed by atoms with van der Waals surface area (Å²) in [7, 11) is 1.91. The molecule has 2 aliphatic heterocycles. The number of para-hydroxylation sites is 1. The third kappa shape index (κ3) is 3.74. The van der Waals surface area contributed by atoms with Crippen molar-refractivity contribution in [3.8, 4) is 0 Å². The SMILES string of the molecule is CCc1ccccc1N(C)C(=O)C1CCN(c2ncnc3c2nc2n3CCCCC2)CC1. The topological polar surface area (TPSA) is 67.2 Å². The molecule has 0 unspecified atom stereocenters. The highest BCUT2D eigenvalue weighted by molar-refractivity contribution is 5.95. The van der Waals surface area contributed by atoms with Gasteiger partial charge in [0.15, 0.2) is 17.0 Å².